The quantitative estimate of drug-likeness (QED) is 0.777. The Hall–Kier alpha value is -0.950. The van der Waals surface area contributed by atoms with Gasteiger partial charge in [0.2, 0.25) is 0 Å². The topological polar surface area (TPSA) is 12.0 Å². The van der Waals surface area contributed by atoms with Gasteiger partial charge in [-0.05, 0) is 37.1 Å². The zero-order chi connectivity index (χ0) is 10.6. The maximum atomic E-state index is 5.86. The Bertz CT molecular complexity index is 331. The molecule has 0 aliphatic heterocycles. The largest absolute Gasteiger partial charge is 0.359 e. The first kappa shape index (κ1) is 11.1. The van der Waals surface area contributed by atoms with E-state index in [1.807, 2.05) is 25.1 Å². The molecule has 0 spiro atoms. The lowest BCUT2D eigenvalue weighted by atomic mass is 10.2. The predicted molar refractivity (Wildman–Crippen MR) is 63.9 cm³/mol. The third-order valence-corrected chi connectivity index (χ3v) is 2.29. The van der Waals surface area contributed by atoms with Crippen LogP contribution < -0.4 is 5.32 Å². The molecule has 0 amide bonds. The van der Waals surface area contributed by atoms with Crippen LogP contribution in [0.3, 0.4) is 0 Å². The molecule has 14 heavy (non-hydrogen) atoms. The molecule has 1 N–H and O–H groups in total. The average Bonchev–Trinajstić information content (AvgIpc) is 2.10. The number of halogens is 1. The molecule has 2 heteroatoms. The van der Waals surface area contributed by atoms with Crippen molar-refractivity contribution < 1.29 is 0 Å². The van der Waals surface area contributed by atoms with Crippen molar-refractivity contribution in [2.45, 2.75) is 26.7 Å². The number of anilines is 1. The number of benzene rings is 1. The van der Waals surface area contributed by atoms with Crippen molar-refractivity contribution in [1.29, 1.82) is 0 Å². The molecule has 76 valence electrons. The molecule has 1 aromatic carbocycles. The normalized spacial score (nSPS) is 9.93. The van der Waals surface area contributed by atoms with E-state index in [0.29, 0.717) is 0 Å². The van der Waals surface area contributed by atoms with Gasteiger partial charge in [0.05, 0.1) is 0 Å². The van der Waals surface area contributed by atoms with E-state index >= 15 is 0 Å². The predicted octanol–water partition coefficient (Wildman–Crippen LogP) is 4.37. The minimum atomic E-state index is 0.772. The zero-order valence-electron chi connectivity index (χ0n) is 8.73. The molecule has 0 unspecified atom stereocenters. The molecule has 0 fully saturated rings. The van der Waals surface area contributed by atoms with Gasteiger partial charge in [-0.1, -0.05) is 31.5 Å². The number of aryl methyl sites for hydroxylation is 1. The van der Waals surface area contributed by atoms with Crippen molar-refractivity contribution >= 4 is 17.3 Å². The molecule has 0 saturated carbocycles. The van der Waals surface area contributed by atoms with E-state index in [9.17, 15) is 0 Å². The first-order valence-corrected chi connectivity index (χ1v) is 5.22. The van der Waals surface area contributed by atoms with Crippen LogP contribution in [-0.4, -0.2) is 0 Å². The zero-order valence-corrected chi connectivity index (χ0v) is 9.49. The summed E-state index contributed by atoms with van der Waals surface area (Å²) in [5.74, 6) is 0. The fraction of sp³-hybridized carbons (Fsp3) is 0.333. The SMILES string of the molecule is C=C(CCC)Nc1ccc(Cl)cc1C. The van der Waals surface area contributed by atoms with Gasteiger partial charge >= 0.3 is 0 Å². The van der Waals surface area contributed by atoms with Gasteiger partial charge in [-0.25, -0.2) is 0 Å². The molecule has 0 saturated heterocycles. The first-order chi connectivity index (χ1) is 6.63. The van der Waals surface area contributed by atoms with Gasteiger partial charge in [0.15, 0.2) is 0 Å². The van der Waals surface area contributed by atoms with Crippen LogP contribution in [0.1, 0.15) is 25.3 Å². The Kier molecular flexibility index (Phi) is 4.02. The highest BCUT2D eigenvalue weighted by molar-refractivity contribution is 6.30. The van der Waals surface area contributed by atoms with E-state index in [4.69, 9.17) is 11.6 Å². The molecule has 1 nitrogen and oxygen atoms in total. The Morgan fingerprint density at radius 3 is 2.79 bits per heavy atom. The lowest BCUT2D eigenvalue weighted by Crippen LogP contribution is -1.99. The summed E-state index contributed by atoms with van der Waals surface area (Å²) in [7, 11) is 0. The number of nitrogens with one attached hydrogen (secondary N) is 1. The molecule has 0 atom stereocenters. The Morgan fingerprint density at radius 2 is 2.21 bits per heavy atom. The maximum Gasteiger partial charge on any atom is 0.0412 e. The highest BCUT2D eigenvalue weighted by atomic mass is 35.5. The fourth-order valence-electron chi connectivity index (χ4n) is 1.32. The highest BCUT2D eigenvalue weighted by Gasteiger charge is 1.99. The number of hydrogen-bond donors (Lipinski definition) is 1. The molecule has 0 heterocycles. The van der Waals surface area contributed by atoms with Crippen molar-refractivity contribution in [2.24, 2.45) is 0 Å². The van der Waals surface area contributed by atoms with E-state index < -0.39 is 0 Å². The van der Waals surface area contributed by atoms with Crippen molar-refractivity contribution in [1.82, 2.24) is 0 Å². The van der Waals surface area contributed by atoms with Crippen LogP contribution in [0.5, 0.6) is 0 Å². The van der Waals surface area contributed by atoms with E-state index in [2.05, 4.69) is 18.8 Å². The average molecular weight is 210 g/mol. The van der Waals surface area contributed by atoms with Crippen LogP contribution in [0.25, 0.3) is 0 Å². The van der Waals surface area contributed by atoms with Crippen LogP contribution in [0.4, 0.5) is 5.69 Å². The second-order valence-electron chi connectivity index (χ2n) is 3.44. The van der Waals surface area contributed by atoms with Gasteiger partial charge in [-0.15, -0.1) is 0 Å². The molecule has 1 aromatic rings. The number of allylic oxidation sites excluding steroid dienone is 1. The minimum absolute atomic E-state index is 0.772. The van der Waals surface area contributed by atoms with Crippen molar-refractivity contribution in [3.63, 3.8) is 0 Å². The molecular formula is C12H16ClN. The summed E-state index contributed by atoms with van der Waals surface area (Å²) in [6.07, 6.45) is 2.11. The first-order valence-electron chi connectivity index (χ1n) is 4.84. The molecule has 0 aromatic heterocycles. The standard InChI is InChI=1S/C12H16ClN/c1-4-5-10(3)14-12-7-6-11(13)8-9(12)2/h6-8,14H,3-5H2,1-2H3. The molecule has 0 bridgehead atoms. The molecule has 0 radical (unpaired) electrons. The van der Waals surface area contributed by atoms with E-state index in [1.165, 1.54) is 0 Å². The number of hydrogen-bond acceptors (Lipinski definition) is 1. The van der Waals surface area contributed by atoms with Gasteiger partial charge < -0.3 is 5.32 Å². The lowest BCUT2D eigenvalue weighted by molar-refractivity contribution is 0.913. The van der Waals surface area contributed by atoms with Crippen LogP contribution in [0.15, 0.2) is 30.5 Å². The van der Waals surface area contributed by atoms with Gasteiger partial charge in [0, 0.05) is 16.4 Å². The van der Waals surface area contributed by atoms with Crippen LogP contribution in [0, 0.1) is 6.92 Å². The van der Waals surface area contributed by atoms with Gasteiger partial charge in [-0.2, -0.15) is 0 Å². The molecule has 0 aliphatic rings. The lowest BCUT2D eigenvalue weighted by Gasteiger charge is -2.11. The second kappa shape index (κ2) is 5.06. The van der Waals surface area contributed by atoms with E-state index in [1.54, 1.807) is 0 Å². The second-order valence-corrected chi connectivity index (χ2v) is 3.87. The van der Waals surface area contributed by atoms with Crippen LogP contribution in [-0.2, 0) is 0 Å². The number of rotatable bonds is 4. The summed E-state index contributed by atoms with van der Waals surface area (Å²) in [4.78, 5) is 0. The molecule has 0 aliphatic carbocycles. The van der Waals surface area contributed by atoms with Gasteiger partial charge in [0.1, 0.15) is 0 Å². The van der Waals surface area contributed by atoms with Crippen molar-refractivity contribution in [3.05, 3.63) is 41.1 Å². The Labute approximate surface area is 90.8 Å². The highest BCUT2D eigenvalue weighted by Crippen LogP contribution is 2.21. The van der Waals surface area contributed by atoms with Crippen molar-refractivity contribution in [2.75, 3.05) is 5.32 Å². The fourth-order valence-corrected chi connectivity index (χ4v) is 1.55. The minimum Gasteiger partial charge on any atom is -0.359 e. The Balaban J connectivity index is 2.72. The van der Waals surface area contributed by atoms with Gasteiger partial charge in [0.25, 0.3) is 0 Å². The van der Waals surface area contributed by atoms with E-state index in [0.717, 1.165) is 34.8 Å². The summed E-state index contributed by atoms with van der Waals surface area (Å²) in [5, 5.41) is 4.06. The molecular weight excluding hydrogens is 194 g/mol. The molecule has 1 rings (SSSR count). The maximum absolute atomic E-state index is 5.86. The van der Waals surface area contributed by atoms with E-state index in [-0.39, 0.29) is 0 Å². The van der Waals surface area contributed by atoms with Gasteiger partial charge in [-0.3, -0.25) is 0 Å². The van der Waals surface area contributed by atoms with Crippen LogP contribution in [0.2, 0.25) is 5.02 Å². The summed E-state index contributed by atoms with van der Waals surface area (Å²) < 4.78 is 0. The van der Waals surface area contributed by atoms with Crippen LogP contribution >= 0.6 is 11.6 Å². The third kappa shape index (κ3) is 3.08. The summed E-state index contributed by atoms with van der Waals surface area (Å²) in [6.45, 7) is 8.13. The monoisotopic (exact) mass is 209 g/mol. The summed E-state index contributed by atoms with van der Waals surface area (Å²) >= 11 is 5.86. The third-order valence-electron chi connectivity index (χ3n) is 2.05. The summed E-state index contributed by atoms with van der Waals surface area (Å²) in [6, 6.07) is 5.82. The van der Waals surface area contributed by atoms with Crippen molar-refractivity contribution in [3.8, 4) is 0 Å². The Morgan fingerprint density at radius 1 is 1.50 bits per heavy atom. The smallest absolute Gasteiger partial charge is 0.0412 e. The summed E-state index contributed by atoms with van der Waals surface area (Å²) in [5.41, 5.74) is 3.29.